The van der Waals surface area contributed by atoms with Crippen LogP contribution in [0.4, 0.5) is 5.69 Å². The molecule has 1 aliphatic rings. The van der Waals surface area contributed by atoms with Crippen LogP contribution in [0.15, 0.2) is 18.2 Å². The van der Waals surface area contributed by atoms with Crippen LogP contribution in [0.5, 0.6) is 5.75 Å². The molecule has 21 heavy (non-hydrogen) atoms. The van der Waals surface area contributed by atoms with Gasteiger partial charge in [0.15, 0.2) is 0 Å². The summed E-state index contributed by atoms with van der Waals surface area (Å²) in [5.41, 5.74) is 8.11. The molecule has 0 unspecified atom stereocenters. The van der Waals surface area contributed by atoms with Crippen LogP contribution in [0, 0.1) is 5.92 Å². The minimum atomic E-state index is -0.122. The minimum absolute atomic E-state index is 0.122. The fourth-order valence-electron chi connectivity index (χ4n) is 3.00. The van der Waals surface area contributed by atoms with Crippen LogP contribution in [0.1, 0.15) is 46.1 Å². The van der Waals surface area contributed by atoms with Gasteiger partial charge in [-0.05, 0) is 63.3 Å². The molecule has 0 aliphatic carbocycles. The predicted molar refractivity (Wildman–Crippen MR) is 90.2 cm³/mol. The number of hydrogen-bond donors (Lipinski definition) is 1. The summed E-state index contributed by atoms with van der Waals surface area (Å²) in [5, 5.41) is 0. The van der Waals surface area contributed by atoms with Crippen molar-refractivity contribution in [1.82, 2.24) is 0 Å². The second-order valence-corrected chi connectivity index (χ2v) is 7.18. The average molecular weight is 290 g/mol. The second-order valence-electron chi connectivity index (χ2n) is 7.18. The van der Waals surface area contributed by atoms with Crippen molar-refractivity contribution < 1.29 is 4.74 Å². The van der Waals surface area contributed by atoms with Gasteiger partial charge >= 0.3 is 0 Å². The summed E-state index contributed by atoms with van der Waals surface area (Å²) in [5.74, 6) is 1.67. The van der Waals surface area contributed by atoms with Crippen LogP contribution < -0.4 is 15.4 Å². The number of benzene rings is 1. The number of hydrogen-bond acceptors (Lipinski definition) is 3. The number of fused-ring (bicyclic) bond motifs is 1. The molecule has 3 heteroatoms. The van der Waals surface area contributed by atoms with Gasteiger partial charge in [-0.1, -0.05) is 19.9 Å². The molecule has 2 rings (SSSR count). The molecule has 0 amide bonds. The van der Waals surface area contributed by atoms with Crippen LogP contribution in [-0.4, -0.2) is 25.2 Å². The van der Waals surface area contributed by atoms with E-state index in [0.29, 0.717) is 5.92 Å². The molecule has 0 saturated heterocycles. The van der Waals surface area contributed by atoms with E-state index in [2.05, 4.69) is 50.8 Å². The lowest BCUT2D eigenvalue weighted by Crippen LogP contribution is -2.48. The first-order valence-electron chi connectivity index (χ1n) is 8.18. The van der Waals surface area contributed by atoms with Crippen molar-refractivity contribution in [1.29, 1.82) is 0 Å². The second kappa shape index (κ2) is 6.69. The van der Waals surface area contributed by atoms with Gasteiger partial charge in [0.05, 0.1) is 12.2 Å². The van der Waals surface area contributed by atoms with Gasteiger partial charge in [0.25, 0.3) is 0 Å². The van der Waals surface area contributed by atoms with Crippen molar-refractivity contribution in [2.24, 2.45) is 11.7 Å². The molecule has 1 heterocycles. The van der Waals surface area contributed by atoms with Crippen molar-refractivity contribution in [3.05, 3.63) is 23.8 Å². The van der Waals surface area contributed by atoms with Gasteiger partial charge in [-0.3, -0.25) is 0 Å². The predicted octanol–water partition coefficient (Wildman–Crippen LogP) is 3.60. The monoisotopic (exact) mass is 290 g/mol. The largest absolute Gasteiger partial charge is 0.484 e. The fraction of sp³-hybridized carbons (Fsp3) is 0.667. The van der Waals surface area contributed by atoms with E-state index in [1.54, 1.807) is 0 Å². The molecule has 1 aromatic carbocycles. The van der Waals surface area contributed by atoms with Crippen LogP contribution in [0.3, 0.4) is 0 Å². The lowest BCUT2D eigenvalue weighted by atomic mass is 10.0. The van der Waals surface area contributed by atoms with E-state index in [4.69, 9.17) is 10.5 Å². The number of nitrogens with zero attached hydrogens (tertiary/aromatic N) is 1. The number of ether oxygens (including phenoxy) is 1. The zero-order chi connectivity index (χ0) is 15.5. The van der Waals surface area contributed by atoms with Crippen molar-refractivity contribution in [2.75, 3.05) is 24.5 Å². The maximum Gasteiger partial charge on any atom is 0.143 e. The molecule has 2 N–H and O–H groups in total. The number of anilines is 1. The van der Waals surface area contributed by atoms with Crippen molar-refractivity contribution in [2.45, 2.75) is 52.6 Å². The Kier molecular flexibility index (Phi) is 5.15. The standard InChI is InChI=1S/C18H30N2O/c1-14(2)12-20-13-18(3,4)21-17-9-8-15(11-16(17)20)7-5-6-10-19/h8-9,11,14H,5-7,10,12-13,19H2,1-4H3. The summed E-state index contributed by atoms with van der Waals surface area (Å²) in [4.78, 5) is 2.48. The minimum Gasteiger partial charge on any atom is -0.484 e. The normalized spacial score (nSPS) is 16.8. The SMILES string of the molecule is CC(C)CN1CC(C)(C)Oc2ccc(CCCCN)cc21. The highest BCUT2D eigenvalue weighted by atomic mass is 16.5. The van der Waals surface area contributed by atoms with Crippen molar-refractivity contribution >= 4 is 5.69 Å². The third kappa shape index (κ3) is 4.37. The lowest BCUT2D eigenvalue weighted by molar-refractivity contribution is 0.104. The third-order valence-electron chi connectivity index (χ3n) is 3.83. The van der Waals surface area contributed by atoms with Crippen molar-refractivity contribution in [3.63, 3.8) is 0 Å². The molecular weight excluding hydrogens is 260 g/mol. The quantitative estimate of drug-likeness (QED) is 0.814. The van der Waals surface area contributed by atoms with Gasteiger partial charge in [0, 0.05) is 6.54 Å². The molecule has 0 aromatic heterocycles. The highest BCUT2D eigenvalue weighted by Crippen LogP contribution is 2.38. The first kappa shape index (κ1) is 16.2. The van der Waals surface area contributed by atoms with E-state index in [0.717, 1.165) is 44.6 Å². The summed E-state index contributed by atoms with van der Waals surface area (Å²) < 4.78 is 6.15. The first-order chi connectivity index (χ1) is 9.91. The van der Waals surface area contributed by atoms with Crippen LogP contribution in [0.25, 0.3) is 0 Å². The molecule has 0 fully saturated rings. The molecule has 1 aliphatic heterocycles. The summed E-state index contributed by atoms with van der Waals surface area (Å²) in [6.07, 6.45) is 3.35. The van der Waals surface area contributed by atoms with Gasteiger partial charge in [0.1, 0.15) is 11.4 Å². The Morgan fingerprint density at radius 3 is 2.71 bits per heavy atom. The number of aryl methyl sites for hydroxylation is 1. The van der Waals surface area contributed by atoms with Crippen LogP contribution in [0.2, 0.25) is 0 Å². The van der Waals surface area contributed by atoms with Crippen molar-refractivity contribution in [3.8, 4) is 5.75 Å². The Balaban J connectivity index is 2.21. The molecule has 0 atom stereocenters. The summed E-state index contributed by atoms with van der Waals surface area (Å²) in [6.45, 7) is 11.7. The smallest absolute Gasteiger partial charge is 0.143 e. The molecule has 3 nitrogen and oxygen atoms in total. The van der Waals surface area contributed by atoms with Gasteiger partial charge in [-0.15, -0.1) is 0 Å². The highest BCUT2D eigenvalue weighted by Gasteiger charge is 2.31. The number of unbranched alkanes of at least 4 members (excludes halogenated alkanes) is 1. The van der Waals surface area contributed by atoms with Gasteiger partial charge in [-0.2, -0.15) is 0 Å². The Labute approximate surface area is 129 Å². The molecule has 1 aromatic rings. The summed E-state index contributed by atoms with van der Waals surface area (Å²) >= 11 is 0. The molecule has 118 valence electrons. The Morgan fingerprint density at radius 2 is 2.05 bits per heavy atom. The van der Waals surface area contributed by atoms with E-state index < -0.39 is 0 Å². The average Bonchev–Trinajstić information content (AvgIpc) is 2.38. The summed E-state index contributed by atoms with van der Waals surface area (Å²) in [6, 6.07) is 6.65. The van der Waals surface area contributed by atoms with E-state index in [-0.39, 0.29) is 5.60 Å². The number of rotatable bonds is 6. The van der Waals surface area contributed by atoms with E-state index >= 15 is 0 Å². The van der Waals surface area contributed by atoms with E-state index in [1.807, 2.05) is 0 Å². The molecular formula is C18H30N2O. The maximum atomic E-state index is 6.15. The topological polar surface area (TPSA) is 38.5 Å². The molecule has 0 spiro atoms. The number of nitrogens with two attached hydrogens (primary N) is 1. The van der Waals surface area contributed by atoms with Gasteiger partial charge in [-0.25, -0.2) is 0 Å². The highest BCUT2D eigenvalue weighted by molar-refractivity contribution is 5.62. The zero-order valence-electron chi connectivity index (χ0n) is 14.0. The van der Waals surface area contributed by atoms with Gasteiger partial charge in [0.2, 0.25) is 0 Å². The first-order valence-corrected chi connectivity index (χ1v) is 8.18. The third-order valence-corrected chi connectivity index (χ3v) is 3.83. The Morgan fingerprint density at radius 1 is 1.29 bits per heavy atom. The summed E-state index contributed by atoms with van der Waals surface area (Å²) in [7, 11) is 0. The van der Waals surface area contributed by atoms with E-state index in [1.165, 1.54) is 11.3 Å². The molecule has 0 bridgehead atoms. The zero-order valence-corrected chi connectivity index (χ0v) is 14.0. The fourth-order valence-corrected chi connectivity index (χ4v) is 3.00. The van der Waals surface area contributed by atoms with Gasteiger partial charge < -0.3 is 15.4 Å². The molecule has 0 saturated carbocycles. The van der Waals surface area contributed by atoms with E-state index in [9.17, 15) is 0 Å². The lowest BCUT2D eigenvalue weighted by Gasteiger charge is -2.42. The maximum absolute atomic E-state index is 6.15. The Bertz CT molecular complexity index is 468. The van der Waals surface area contributed by atoms with Crippen LogP contribution >= 0.6 is 0 Å². The van der Waals surface area contributed by atoms with Crippen LogP contribution in [-0.2, 0) is 6.42 Å². The molecule has 0 radical (unpaired) electrons. The Hall–Kier alpha value is -1.22.